The number of hydrogen-bond acceptors (Lipinski definition) is 6. The quantitative estimate of drug-likeness (QED) is 0.768. The van der Waals surface area contributed by atoms with E-state index in [1.165, 1.54) is 0 Å². The monoisotopic (exact) mass is 397 g/mol. The number of carbonyl (C=O) groups excluding carboxylic acids is 2. The van der Waals surface area contributed by atoms with Gasteiger partial charge in [-0.1, -0.05) is 23.4 Å². The van der Waals surface area contributed by atoms with Crippen LogP contribution in [0.1, 0.15) is 41.6 Å². The van der Waals surface area contributed by atoms with Gasteiger partial charge in [-0.25, -0.2) is 0 Å². The number of fused-ring (bicyclic) bond motifs is 2. The van der Waals surface area contributed by atoms with Gasteiger partial charge >= 0.3 is 0 Å². The fourth-order valence-corrected chi connectivity index (χ4v) is 5.39. The molecule has 6 nitrogen and oxygen atoms in total. The lowest BCUT2D eigenvalue weighted by Gasteiger charge is -2.44. The summed E-state index contributed by atoms with van der Waals surface area (Å²) in [5.41, 5.74) is 2.35. The van der Waals surface area contributed by atoms with Crippen molar-refractivity contribution >= 4 is 28.6 Å². The van der Waals surface area contributed by atoms with E-state index < -0.39 is 5.60 Å². The molecule has 5 rings (SSSR count). The van der Waals surface area contributed by atoms with Gasteiger partial charge in [0.05, 0.1) is 24.9 Å². The molecule has 28 heavy (non-hydrogen) atoms. The van der Waals surface area contributed by atoms with Crippen LogP contribution < -0.4 is 4.74 Å². The summed E-state index contributed by atoms with van der Waals surface area (Å²) >= 11 is 1.61. The Morgan fingerprint density at radius 1 is 1.29 bits per heavy atom. The highest BCUT2D eigenvalue weighted by Gasteiger charge is 2.43. The molecule has 1 amide bonds. The Kier molecular flexibility index (Phi) is 4.23. The number of piperidine rings is 1. The van der Waals surface area contributed by atoms with Crippen LogP contribution in [0.5, 0.6) is 5.75 Å². The molecule has 1 spiro atoms. The first-order chi connectivity index (χ1) is 13.5. The molecular formula is C21H23N3O3S. The van der Waals surface area contributed by atoms with Gasteiger partial charge in [0.25, 0.3) is 0 Å². The molecule has 0 atom stereocenters. The average molecular weight is 398 g/mol. The predicted octanol–water partition coefficient (Wildman–Crippen LogP) is 2.97. The van der Waals surface area contributed by atoms with Crippen LogP contribution in [0.15, 0.2) is 34.3 Å². The van der Waals surface area contributed by atoms with E-state index in [9.17, 15) is 9.59 Å². The number of Topliss-reactive ketones (excluding diaryl/α,β-unsaturated/α-hetero) is 1. The zero-order valence-corrected chi connectivity index (χ0v) is 16.8. The van der Waals surface area contributed by atoms with Crippen LogP contribution in [0, 0.1) is 6.92 Å². The van der Waals surface area contributed by atoms with Gasteiger partial charge in [0, 0.05) is 38.2 Å². The summed E-state index contributed by atoms with van der Waals surface area (Å²) in [5, 5.41) is 3.06. The van der Waals surface area contributed by atoms with Gasteiger partial charge in [0.15, 0.2) is 11.0 Å². The second-order valence-electron chi connectivity index (χ2n) is 7.99. The van der Waals surface area contributed by atoms with Gasteiger partial charge in [-0.3, -0.25) is 14.6 Å². The molecule has 4 heterocycles. The van der Waals surface area contributed by atoms with E-state index in [1.807, 2.05) is 35.4 Å². The topological polar surface area (TPSA) is 62.2 Å². The van der Waals surface area contributed by atoms with Gasteiger partial charge in [0.1, 0.15) is 11.4 Å². The first-order valence-electron chi connectivity index (χ1n) is 9.81. The lowest BCUT2D eigenvalue weighted by Crippen LogP contribution is -2.52. The molecule has 0 aromatic heterocycles. The van der Waals surface area contributed by atoms with E-state index in [1.54, 1.807) is 11.8 Å². The van der Waals surface area contributed by atoms with E-state index in [4.69, 9.17) is 4.74 Å². The molecule has 4 aliphatic rings. The minimum absolute atomic E-state index is 0.146. The first-order valence-corrected chi connectivity index (χ1v) is 10.7. The number of thioether (sulfide) groups is 1. The highest BCUT2D eigenvalue weighted by Crippen LogP contribution is 2.40. The minimum Gasteiger partial charge on any atom is -0.486 e. The Hall–Kier alpha value is -2.28. The van der Waals surface area contributed by atoms with E-state index in [0.29, 0.717) is 50.1 Å². The zero-order chi connectivity index (χ0) is 19.3. The van der Waals surface area contributed by atoms with Crippen molar-refractivity contribution in [2.24, 2.45) is 4.99 Å². The minimum atomic E-state index is -0.465. The molecule has 4 aliphatic heterocycles. The number of amides is 1. The Bertz CT molecular complexity index is 915. The summed E-state index contributed by atoms with van der Waals surface area (Å²) in [4.78, 5) is 34.0. The highest BCUT2D eigenvalue weighted by atomic mass is 32.2. The van der Waals surface area contributed by atoms with Crippen molar-refractivity contribution in [3.63, 3.8) is 0 Å². The summed E-state index contributed by atoms with van der Waals surface area (Å²) in [6, 6.07) is 5.79. The Morgan fingerprint density at radius 2 is 2.11 bits per heavy atom. The first kappa shape index (κ1) is 17.8. The van der Waals surface area contributed by atoms with Crippen LogP contribution in [0.3, 0.4) is 0 Å². The SMILES string of the molecule is Cc1ccc2c(c1)C(=O)CC1(CCN(C(=O)CC3=CSC4=NCCN34)CC1)O2. The van der Waals surface area contributed by atoms with Crippen LogP contribution in [0.4, 0.5) is 0 Å². The van der Waals surface area contributed by atoms with E-state index in [0.717, 1.165) is 29.5 Å². The van der Waals surface area contributed by atoms with Crippen molar-refractivity contribution in [2.75, 3.05) is 26.2 Å². The number of likely N-dealkylation sites (tertiary alicyclic amines) is 1. The maximum absolute atomic E-state index is 12.8. The molecule has 1 saturated heterocycles. The van der Waals surface area contributed by atoms with Gasteiger partial charge in [-0.15, -0.1) is 0 Å². The molecular weight excluding hydrogens is 374 g/mol. The molecule has 7 heteroatoms. The lowest BCUT2D eigenvalue weighted by molar-refractivity contribution is -0.134. The Balaban J connectivity index is 1.23. The Morgan fingerprint density at radius 3 is 2.93 bits per heavy atom. The summed E-state index contributed by atoms with van der Waals surface area (Å²) < 4.78 is 6.31. The number of hydrogen-bond donors (Lipinski definition) is 0. The standard InChI is InChI=1S/C21H23N3O3S/c1-14-2-3-18-16(10-14)17(25)12-21(27-18)4-7-23(8-5-21)19(26)11-15-13-28-20-22-6-9-24(15)20/h2-3,10,13H,4-9,11-12H2,1H3. The predicted molar refractivity (Wildman–Crippen MR) is 109 cm³/mol. The number of nitrogens with zero attached hydrogens (tertiary/aromatic N) is 3. The largest absolute Gasteiger partial charge is 0.486 e. The summed E-state index contributed by atoms with van der Waals surface area (Å²) in [6.07, 6.45) is 2.21. The fourth-order valence-electron chi connectivity index (χ4n) is 4.43. The Labute approximate surface area is 168 Å². The molecule has 0 radical (unpaired) electrons. The second-order valence-corrected chi connectivity index (χ2v) is 8.82. The number of benzene rings is 1. The van der Waals surface area contributed by atoms with E-state index >= 15 is 0 Å². The third-order valence-corrected chi connectivity index (χ3v) is 7.00. The number of aliphatic imine (C=N–C) groups is 1. The molecule has 0 N–H and O–H groups in total. The van der Waals surface area contributed by atoms with Crippen molar-refractivity contribution in [3.8, 4) is 5.75 Å². The number of aryl methyl sites for hydroxylation is 1. The normalized spacial score (nSPS) is 22.5. The van der Waals surface area contributed by atoms with Gasteiger partial charge in [0.2, 0.25) is 5.91 Å². The van der Waals surface area contributed by atoms with Crippen molar-refractivity contribution in [3.05, 3.63) is 40.4 Å². The van der Waals surface area contributed by atoms with Crippen LogP contribution in [-0.4, -0.2) is 58.4 Å². The summed E-state index contributed by atoms with van der Waals surface area (Å²) in [6.45, 7) is 4.94. The number of ether oxygens (including phenoxy) is 1. The number of rotatable bonds is 2. The van der Waals surface area contributed by atoms with E-state index in [-0.39, 0.29) is 11.7 Å². The van der Waals surface area contributed by atoms with Crippen molar-refractivity contribution in [1.82, 2.24) is 9.80 Å². The average Bonchev–Trinajstić information content (AvgIpc) is 3.28. The third-order valence-electron chi connectivity index (χ3n) is 6.05. The van der Waals surface area contributed by atoms with Crippen molar-refractivity contribution in [1.29, 1.82) is 0 Å². The van der Waals surface area contributed by atoms with Crippen LogP contribution in [0.2, 0.25) is 0 Å². The second kappa shape index (κ2) is 6.65. The smallest absolute Gasteiger partial charge is 0.228 e. The van der Waals surface area contributed by atoms with Gasteiger partial charge < -0.3 is 14.5 Å². The highest BCUT2D eigenvalue weighted by molar-refractivity contribution is 8.16. The van der Waals surface area contributed by atoms with Crippen molar-refractivity contribution < 1.29 is 14.3 Å². The molecule has 146 valence electrons. The maximum atomic E-state index is 12.8. The maximum Gasteiger partial charge on any atom is 0.228 e. The van der Waals surface area contributed by atoms with Crippen molar-refractivity contribution in [2.45, 2.75) is 38.2 Å². The lowest BCUT2D eigenvalue weighted by atomic mass is 9.82. The molecule has 1 fully saturated rings. The van der Waals surface area contributed by atoms with E-state index in [2.05, 4.69) is 9.89 Å². The summed E-state index contributed by atoms with van der Waals surface area (Å²) in [5.74, 6) is 0.988. The number of ketones is 1. The van der Waals surface area contributed by atoms with Crippen LogP contribution >= 0.6 is 11.8 Å². The number of amidine groups is 1. The summed E-state index contributed by atoms with van der Waals surface area (Å²) in [7, 11) is 0. The molecule has 1 aromatic carbocycles. The van der Waals surface area contributed by atoms with Crippen LogP contribution in [0.25, 0.3) is 0 Å². The number of carbonyl (C=O) groups is 2. The van der Waals surface area contributed by atoms with Gasteiger partial charge in [-0.05, 0) is 24.5 Å². The molecule has 0 saturated carbocycles. The molecule has 0 bridgehead atoms. The van der Waals surface area contributed by atoms with Crippen LogP contribution in [-0.2, 0) is 4.79 Å². The molecule has 0 aliphatic carbocycles. The molecule has 0 unspecified atom stereocenters. The third kappa shape index (κ3) is 3.02. The zero-order valence-electron chi connectivity index (χ0n) is 15.9. The fraction of sp³-hybridized carbons (Fsp3) is 0.476. The molecule has 1 aromatic rings. The van der Waals surface area contributed by atoms with Gasteiger partial charge in [-0.2, -0.15) is 0 Å².